The molecule has 45 heavy (non-hydrogen) atoms. The first-order valence-corrected chi connectivity index (χ1v) is 16.0. The second kappa shape index (κ2) is 10.8. The average Bonchev–Trinajstić information content (AvgIpc) is 3.53. The van der Waals surface area contributed by atoms with Gasteiger partial charge in [0, 0.05) is 34.2 Å². The number of hydrogen-bond donors (Lipinski definition) is 1. The number of carbonyl (C=O) groups excluding carboxylic acids is 1. The number of sulfone groups is 1. The van der Waals surface area contributed by atoms with Gasteiger partial charge >= 0.3 is 6.18 Å². The van der Waals surface area contributed by atoms with Crippen LogP contribution in [-0.4, -0.2) is 40.1 Å². The van der Waals surface area contributed by atoms with Crippen molar-refractivity contribution < 1.29 is 43.9 Å². The number of rotatable bonds is 7. The number of fused-ring (bicyclic) bond motifs is 3. The molecule has 1 fully saturated rings. The Balaban J connectivity index is 1.74. The van der Waals surface area contributed by atoms with Gasteiger partial charge in [-0.05, 0) is 84.3 Å². The molecule has 0 aliphatic heterocycles. The fourth-order valence-electron chi connectivity index (χ4n) is 5.56. The summed E-state index contributed by atoms with van der Waals surface area (Å²) in [6, 6.07) is 3.07. The summed E-state index contributed by atoms with van der Waals surface area (Å²) >= 11 is 3.26. The van der Waals surface area contributed by atoms with Crippen molar-refractivity contribution in [2.24, 2.45) is 11.7 Å². The van der Waals surface area contributed by atoms with Gasteiger partial charge < -0.3 is 5.73 Å². The lowest BCUT2D eigenvalue weighted by Gasteiger charge is -2.28. The van der Waals surface area contributed by atoms with E-state index in [1.165, 1.54) is 26.0 Å². The van der Waals surface area contributed by atoms with Crippen molar-refractivity contribution in [1.82, 2.24) is 14.8 Å². The van der Waals surface area contributed by atoms with Crippen molar-refractivity contribution in [3.8, 4) is 11.8 Å². The highest BCUT2D eigenvalue weighted by Crippen LogP contribution is 2.69. The van der Waals surface area contributed by atoms with Crippen molar-refractivity contribution >= 4 is 31.7 Å². The summed E-state index contributed by atoms with van der Waals surface area (Å²) in [5.74, 6) is -6.05. The molecule has 0 spiro atoms. The van der Waals surface area contributed by atoms with Crippen LogP contribution >= 0.6 is 15.9 Å². The number of primary amides is 1. The molecule has 1 saturated carbocycles. The lowest BCUT2D eigenvalue weighted by Crippen LogP contribution is -2.37. The molecule has 1 aromatic carbocycles. The summed E-state index contributed by atoms with van der Waals surface area (Å²) in [6.07, 6.45) is -4.88. The molecular weight excluding hydrogens is 697 g/mol. The highest BCUT2D eigenvalue weighted by Gasteiger charge is 2.69. The van der Waals surface area contributed by atoms with Crippen LogP contribution in [0.5, 0.6) is 0 Å². The number of pyridine rings is 1. The standard InChI is InChI=1S/C29H24BrF7N4O3S/c1-27(2,45(3,43)44)7-6-16-4-5-20(30)22(39-16)18(10-13-8-14(31)11-15(32)9-13)23(26(38)42)41-25-21(24(40-41)29(35,36)37)17-12-19(17)28(25,33)34/h4-5,8-9,11,17-19,23H,10,12H2,1-3H3,(H2,38,42)/t17-,18+,19+,23?/m0/s1. The van der Waals surface area contributed by atoms with Crippen LogP contribution in [0.15, 0.2) is 34.8 Å². The van der Waals surface area contributed by atoms with Crippen LogP contribution in [0.1, 0.15) is 72.0 Å². The monoisotopic (exact) mass is 720 g/mol. The van der Waals surface area contributed by atoms with Crippen LogP contribution in [0.4, 0.5) is 30.7 Å². The van der Waals surface area contributed by atoms with E-state index < -0.39 is 91.4 Å². The maximum atomic E-state index is 15.5. The number of carbonyl (C=O) groups is 1. The molecule has 2 N–H and O–H groups in total. The summed E-state index contributed by atoms with van der Waals surface area (Å²) < 4.78 is 125. The lowest BCUT2D eigenvalue weighted by atomic mass is 9.87. The van der Waals surface area contributed by atoms with Gasteiger partial charge in [-0.2, -0.15) is 27.1 Å². The Labute approximate surface area is 261 Å². The summed E-state index contributed by atoms with van der Waals surface area (Å²) in [7, 11) is -3.66. The van der Waals surface area contributed by atoms with Crippen molar-refractivity contribution in [3.63, 3.8) is 0 Å². The third-order valence-electron chi connectivity index (χ3n) is 8.12. The van der Waals surface area contributed by atoms with Gasteiger partial charge in [0.05, 0.1) is 5.69 Å². The molecule has 16 heteroatoms. The van der Waals surface area contributed by atoms with E-state index in [1.54, 1.807) is 0 Å². The highest BCUT2D eigenvalue weighted by atomic mass is 79.9. The fraction of sp³-hybridized carbons (Fsp3) is 0.414. The fourth-order valence-corrected chi connectivity index (χ4v) is 6.31. The van der Waals surface area contributed by atoms with Gasteiger partial charge in [0.15, 0.2) is 15.5 Å². The first kappa shape index (κ1) is 32.9. The van der Waals surface area contributed by atoms with Gasteiger partial charge in [-0.3, -0.25) is 4.79 Å². The predicted molar refractivity (Wildman–Crippen MR) is 151 cm³/mol. The van der Waals surface area contributed by atoms with Crippen LogP contribution in [0.3, 0.4) is 0 Å². The minimum atomic E-state index is -5.15. The molecule has 1 amide bonds. The van der Waals surface area contributed by atoms with Gasteiger partial charge in [-0.25, -0.2) is 26.9 Å². The van der Waals surface area contributed by atoms with E-state index in [4.69, 9.17) is 5.73 Å². The predicted octanol–water partition coefficient (Wildman–Crippen LogP) is 5.77. The quantitative estimate of drug-likeness (QED) is 0.246. The Morgan fingerprint density at radius 3 is 2.36 bits per heavy atom. The second-order valence-corrected chi connectivity index (χ2v) is 15.1. The van der Waals surface area contributed by atoms with E-state index in [0.29, 0.717) is 6.07 Å². The number of aromatic nitrogens is 3. The van der Waals surface area contributed by atoms with Crippen LogP contribution in [0.2, 0.25) is 0 Å². The Morgan fingerprint density at radius 1 is 1.18 bits per heavy atom. The molecule has 0 radical (unpaired) electrons. The van der Waals surface area contributed by atoms with Crippen LogP contribution in [-0.2, 0) is 33.2 Å². The summed E-state index contributed by atoms with van der Waals surface area (Å²) in [5, 5.41) is 3.49. The summed E-state index contributed by atoms with van der Waals surface area (Å²) in [4.78, 5) is 17.5. The van der Waals surface area contributed by atoms with Gasteiger partial charge in [0.1, 0.15) is 33.8 Å². The summed E-state index contributed by atoms with van der Waals surface area (Å²) in [6.45, 7) is 2.70. The van der Waals surface area contributed by atoms with Gasteiger partial charge in [-0.15, -0.1) is 0 Å². The van der Waals surface area contributed by atoms with Crippen LogP contribution < -0.4 is 5.73 Å². The van der Waals surface area contributed by atoms with Gasteiger partial charge in [0.2, 0.25) is 5.91 Å². The van der Waals surface area contributed by atoms with E-state index in [-0.39, 0.29) is 32.5 Å². The highest BCUT2D eigenvalue weighted by molar-refractivity contribution is 9.10. The van der Waals surface area contributed by atoms with E-state index in [9.17, 15) is 35.2 Å². The molecule has 2 aliphatic rings. The van der Waals surface area contributed by atoms with Crippen LogP contribution in [0.25, 0.3) is 0 Å². The smallest absolute Gasteiger partial charge is 0.368 e. The number of hydrogen-bond acceptors (Lipinski definition) is 5. The molecule has 0 bridgehead atoms. The lowest BCUT2D eigenvalue weighted by molar-refractivity contribution is -0.142. The molecule has 2 heterocycles. The largest absolute Gasteiger partial charge is 0.435 e. The Kier molecular flexibility index (Phi) is 7.92. The molecule has 5 rings (SSSR count). The molecule has 1 unspecified atom stereocenters. The van der Waals surface area contributed by atoms with Crippen molar-refractivity contribution in [1.29, 1.82) is 0 Å². The minimum absolute atomic E-state index is 0.0585. The van der Waals surface area contributed by atoms with Crippen molar-refractivity contribution in [2.45, 2.75) is 61.4 Å². The topological polar surface area (TPSA) is 108 Å². The minimum Gasteiger partial charge on any atom is -0.368 e. The second-order valence-electron chi connectivity index (χ2n) is 11.7. The Morgan fingerprint density at radius 2 is 1.80 bits per heavy atom. The first-order valence-electron chi connectivity index (χ1n) is 13.3. The van der Waals surface area contributed by atoms with E-state index in [0.717, 1.165) is 18.4 Å². The maximum absolute atomic E-state index is 15.5. The zero-order valence-electron chi connectivity index (χ0n) is 23.7. The molecule has 3 aromatic rings. The number of nitrogens with two attached hydrogens (primary N) is 1. The first-order chi connectivity index (χ1) is 20.6. The van der Waals surface area contributed by atoms with Gasteiger partial charge in [-0.1, -0.05) is 5.92 Å². The van der Waals surface area contributed by atoms with Crippen molar-refractivity contribution in [2.75, 3.05) is 6.26 Å². The average molecular weight is 721 g/mol. The molecule has 7 nitrogen and oxygen atoms in total. The Bertz CT molecular complexity index is 1880. The van der Waals surface area contributed by atoms with E-state index in [1.807, 2.05) is 0 Å². The zero-order valence-corrected chi connectivity index (χ0v) is 26.1. The van der Waals surface area contributed by atoms with Crippen LogP contribution in [0, 0.1) is 29.4 Å². The molecule has 240 valence electrons. The third-order valence-corrected chi connectivity index (χ3v) is 10.7. The third kappa shape index (κ3) is 5.96. The number of alkyl halides is 5. The number of benzene rings is 1. The molecule has 2 aromatic heterocycles. The Hall–Kier alpha value is -3.45. The molecule has 0 saturated heterocycles. The summed E-state index contributed by atoms with van der Waals surface area (Å²) in [5.41, 5.74) is 2.03. The van der Waals surface area contributed by atoms with Crippen molar-refractivity contribution in [3.05, 3.63) is 80.3 Å². The van der Waals surface area contributed by atoms with Gasteiger partial charge in [0.25, 0.3) is 5.92 Å². The maximum Gasteiger partial charge on any atom is 0.435 e. The zero-order chi connectivity index (χ0) is 33.4. The van der Waals surface area contributed by atoms with E-state index in [2.05, 4.69) is 37.9 Å². The normalized spacial score (nSPS) is 20.1. The number of halogens is 8. The molecule has 2 aliphatic carbocycles. The van der Waals surface area contributed by atoms with E-state index >= 15 is 8.78 Å². The SMILES string of the molecule is CC(C)(C#Cc1ccc(Br)c([C@@H](Cc2cc(F)cc(F)c2)C(C(N)=O)n2nc(C(F)(F)F)c3c2C(F)(F)[C@@H]2C[C@H]32)n1)S(C)(=O)=O. The number of amides is 1. The molecule has 4 atom stereocenters. The number of nitrogens with zero attached hydrogens (tertiary/aromatic N) is 3. The molecular formula is C29H24BrF7N4O3S.